The van der Waals surface area contributed by atoms with E-state index in [-0.39, 0.29) is 11.2 Å². The van der Waals surface area contributed by atoms with Gasteiger partial charge in [0.05, 0.1) is 0 Å². The summed E-state index contributed by atoms with van der Waals surface area (Å²) in [6, 6.07) is 6.72. The molecule has 2 aromatic rings. The second-order valence-corrected chi connectivity index (χ2v) is 2.95. The number of aromatic hydroxyl groups is 1. The molecule has 0 saturated heterocycles. The molecular formula is C8H9N3O2S. The second-order valence-electron chi connectivity index (χ2n) is 2.56. The lowest BCUT2D eigenvalue weighted by atomic mass is 10.2. The Morgan fingerprint density at radius 1 is 1.14 bits per heavy atom. The van der Waals surface area contributed by atoms with Gasteiger partial charge in [0.25, 0.3) is 0 Å². The number of nitrogens with one attached hydrogen (secondary N) is 2. The first-order chi connectivity index (χ1) is 6.25. The highest BCUT2D eigenvalue weighted by atomic mass is 32.1. The highest BCUT2D eigenvalue weighted by Gasteiger charge is 1.99. The van der Waals surface area contributed by atoms with E-state index in [1.54, 1.807) is 24.3 Å². The average Bonchev–Trinajstić information content (AvgIpc) is 2.53. The highest BCUT2D eigenvalue weighted by Crippen LogP contribution is 2.17. The molecule has 5 N–H and O–H groups in total. The quantitative estimate of drug-likeness (QED) is 0.614. The van der Waals surface area contributed by atoms with Gasteiger partial charge in [0.15, 0.2) is 5.82 Å². The average molecular weight is 211 g/mol. The normalized spacial score (nSPS) is 9.43. The molecule has 14 heavy (non-hydrogen) atoms. The van der Waals surface area contributed by atoms with Crippen molar-refractivity contribution < 1.29 is 10.6 Å². The van der Waals surface area contributed by atoms with E-state index in [0.29, 0.717) is 10.6 Å². The first-order valence-electron chi connectivity index (χ1n) is 3.70. The topological polar surface area (TPSA) is 96.2 Å². The van der Waals surface area contributed by atoms with Crippen molar-refractivity contribution in [3.63, 3.8) is 0 Å². The summed E-state index contributed by atoms with van der Waals surface area (Å²) in [6.45, 7) is 0. The van der Waals surface area contributed by atoms with Crippen LogP contribution in [0, 0.1) is 4.77 Å². The summed E-state index contributed by atoms with van der Waals surface area (Å²) in [4.78, 5) is 4.03. The van der Waals surface area contributed by atoms with Crippen LogP contribution in [0.25, 0.3) is 11.4 Å². The smallest absolute Gasteiger partial charge is 0.213 e. The number of phenols is 1. The van der Waals surface area contributed by atoms with Crippen molar-refractivity contribution in [3.05, 3.63) is 29.0 Å². The van der Waals surface area contributed by atoms with E-state index in [1.165, 1.54) is 0 Å². The van der Waals surface area contributed by atoms with Crippen LogP contribution in [0.3, 0.4) is 0 Å². The van der Waals surface area contributed by atoms with Crippen molar-refractivity contribution in [2.24, 2.45) is 0 Å². The molecule has 0 amide bonds. The molecule has 0 aliphatic carbocycles. The summed E-state index contributed by atoms with van der Waals surface area (Å²) in [5.74, 6) is 0.905. The van der Waals surface area contributed by atoms with Crippen molar-refractivity contribution >= 4 is 12.2 Å². The Labute approximate surface area is 84.7 Å². The summed E-state index contributed by atoms with van der Waals surface area (Å²) in [7, 11) is 0. The maximum absolute atomic E-state index is 9.05. The molecule has 5 nitrogen and oxygen atoms in total. The Kier molecular flexibility index (Phi) is 3.00. The van der Waals surface area contributed by atoms with Crippen molar-refractivity contribution in [3.8, 4) is 17.1 Å². The Bertz CT molecular complexity index is 460. The molecule has 0 saturated carbocycles. The molecule has 0 aliphatic heterocycles. The van der Waals surface area contributed by atoms with Gasteiger partial charge < -0.3 is 10.6 Å². The maximum atomic E-state index is 9.05. The number of benzene rings is 1. The van der Waals surface area contributed by atoms with E-state index in [0.717, 1.165) is 5.56 Å². The van der Waals surface area contributed by atoms with E-state index in [4.69, 9.17) is 17.3 Å². The summed E-state index contributed by atoms with van der Waals surface area (Å²) < 4.78 is 0.420. The van der Waals surface area contributed by atoms with E-state index in [1.807, 2.05) is 0 Å². The van der Waals surface area contributed by atoms with Gasteiger partial charge in [0, 0.05) is 5.56 Å². The number of aromatic nitrogens is 3. The fraction of sp³-hybridized carbons (Fsp3) is 0. The third kappa shape index (κ3) is 1.98. The molecule has 0 fully saturated rings. The lowest BCUT2D eigenvalue weighted by molar-refractivity contribution is 0.475. The minimum absolute atomic E-state index is 0. The minimum atomic E-state index is 0. The predicted octanol–water partition coefficient (Wildman–Crippen LogP) is 1.02. The first-order valence-corrected chi connectivity index (χ1v) is 4.10. The molecule has 6 heteroatoms. The molecule has 0 unspecified atom stereocenters. The molecule has 1 aromatic heterocycles. The standard InChI is InChI=1S/C8H7N3OS.H2O/c12-6-3-1-5(2-4-6)7-9-8(13)11-10-7;/h1-4,12H,(H2,9,10,11,13);1H2. The van der Waals surface area contributed by atoms with Gasteiger partial charge in [0.1, 0.15) is 5.75 Å². The fourth-order valence-electron chi connectivity index (χ4n) is 1.03. The van der Waals surface area contributed by atoms with Crippen LogP contribution in [0.4, 0.5) is 0 Å². The van der Waals surface area contributed by atoms with Crippen LogP contribution < -0.4 is 0 Å². The molecule has 0 spiro atoms. The second kappa shape index (κ2) is 4.03. The van der Waals surface area contributed by atoms with Gasteiger partial charge in [0.2, 0.25) is 4.77 Å². The number of nitrogens with zero attached hydrogens (tertiary/aromatic N) is 1. The van der Waals surface area contributed by atoms with Gasteiger partial charge in [-0.2, -0.15) is 4.98 Å². The number of aromatic amines is 2. The molecule has 1 aromatic carbocycles. The van der Waals surface area contributed by atoms with Gasteiger partial charge in [-0.15, -0.1) is 0 Å². The van der Waals surface area contributed by atoms with Crippen molar-refractivity contribution in [2.75, 3.05) is 0 Å². The predicted molar refractivity (Wildman–Crippen MR) is 54.5 cm³/mol. The van der Waals surface area contributed by atoms with E-state index in [9.17, 15) is 0 Å². The Balaban J connectivity index is 0.000000980. The van der Waals surface area contributed by atoms with Gasteiger partial charge in [-0.1, -0.05) is 0 Å². The SMILES string of the molecule is O.Oc1ccc(-c2nc(=S)[nH][nH]2)cc1. The largest absolute Gasteiger partial charge is 0.508 e. The first kappa shape index (κ1) is 10.4. The fourth-order valence-corrected chi connectivity index (χ4v) is 1.17. The number of hydrogen-bond acceptors (Lipinski definition) is 3. The number of H-pyrrole nitrogens is 2. The van der Waals surface area contributed by atoms with Crippen LogP contribution in [-0.4, -0.2) is 25.8 Å². The molecular weight excluding hydrogens is 202 g/mol. The van der Waals surface area contributed by atoms with E-state index >= 15 is 0 Å². The Morgan fingerprint density at radius 3 is 2.29 bits per heavy atom. The number of phenolic OH excluding ortho intramolecular Hbond substituents is 1. The summed E-state index contributed by atoms with van der Waals surface area (Å²) in [6.07, 6.45) is 0. The van der Waals surface area contributed by atoms with Gasteiger partial charge in [-0.3, -0.25) is 10.2 Å². The molecule has 0 atom stereocenters. The van der Waals surface area contributed by atoms with Gasteiger partial charge >= 0.3 is 0 Å². The lowest BCUT2D eigenvalue weighted by Gasteiger charge is -1.94. The zero-order chi connectivity index (χ0) is 9.26. The minimum Gasteiger partial charge on any atom is -0.508 e. The Hall–Kier alpha value is -1.66. The molecule has 2 rings (SSSR count). The zero-order valence-electron chi connectivity index (χ0n) is 7.11. The van der Waals surface area contributed by atoms with Crippen LogP contribution in [0.5, 0.6) is 5.75 Å². The van der Waals surface area contributed by atoms with Crippen LogP contribution in [0.2, 0.25) is 0 Å². The summed E-state index contributed by atoms with van der Waals surface area (Å²) in [5.41, 5.74) is 0.880. The monoisotopic (exact) mass is 211 g/mol. The van der Waals surface area contributed by atoms with E-state index < -0.39 is 0 Å². The third-order valence-corrected chi connectivity index (χ3v) is 1.84. The summed E-state index contributed by atoms with van der Waals surface area (Å²) >= 11 is 4.81. The van der Waals surface area contributed by atoms with Crippen LogP contribution >= 0.6 is 12.2 Å². The van der Waals surface area contributed by atoms with Gasteiger partial charge in [-0.25, -0.2) is 0 Å². The Morgan fingerprint density at radius 2 is 1.79 bits per heavy atom. The molecule has 0 bridgehead atoms. The molecule has 1 heterocycles. The van der Waals surface area contributed by atoms with Crippen molar-refractivity contribution in [1.29, 1.82) is 0 Å². The molecule has 74 valence electrons. The highest BCUT2D eigenvalue weighted by molar-refractivity contribution is 7.71. The number of hydrogen-bond donors (Lipinski definition) is 3. The van der Waals surface area contributed by atoms with Crippen LogP contribution in [0.1, 0.15) is 0 Å². The van der Waals surface area contributed by atoms with Crippen molar-refractivity contribution in [2.45, 2.75) is 0 Å². The lowest BCUT2D eigenvalue weighted by Crippen LogP contribution is -1.79. The van der Waals surface area contributed by atoms with E-state index in [2.05, 4.69) is 15.2 Å². The zero-order valence-corrected chi connectivity index (χ0v) is 7.93. The summed E-state index contributed by atoms with van der Waals surface area (Å²) in [5, 5.41) is 14.6. The molecule has 0 aliphatic rings. The van der Waals surface area contributed by atoms with Crippen molar-refractivity contribution in [1.82, 2.24) is 15.2 Å². The maximum Gasteiger partial charge on any atom is 0.213 e. The van der Waals surface area contributed by atoms with Crippen LogP contribution in [0.15, 0.2) is 24.3 Å². The number of rotatable bonds is 1. The van der Waals surface area contributed by atoms with Gasteiger partial charge in [-0.05, 0) is 36.5 Å². The van der Waals surface area contributed by atoms with Crippen LogP contribution in [-0.2, 0) is 0 Å². The third-order valence-electron chi connectivity index (χ3n) is 1.64. The molecule has 0 radical (unpaired) electrons.